The van der Waals surface area contributed by atoms with Crippen LogP contribution in [0.5, 0.6) is 0 Å². The van der Waals surface area contributed by atoms with E-state index < -0.39 is 10.0 Å². The first-order valence-corrected chi connectivity index (χ1v) is 9.57. The first kappa shape index (κ1) is 19.1. The van der Waals surface area contributed by atoms with Gasteiger partial charge in [0.05, 0.1) is 11.4 Å². The average molecular weight is 361 g/mol. The van der Waals surface area contributed by atoms with Crippen LogP contribution in [0.4, 0.5) is 0 Å². The molecule has 25 heavy (non-hydrogen) atoms. The molecule has 0 heterocycles. The molecule has 2 aromatic carbocycles. The summed E-state index contributed by atoms with van der Waals surface area (Å²) in [5, 5.41) is 11.1. The standard InChI is InChI=1S/C18H23N3O3S/c1-14(16-5-3-2-4-6-16)21-13-18(22)20-12-11-15-7-9-17(10-8-15)25(19,23)24/h2-10,14,21H,11-13H2,1H3,(H,20,22)(H2,19,23,24). The Kier molecular flexibility index (Phi) is 6.69. The van der Waals surface area contributed by atoms with Crippen molar-refractivity contribution in [3.63, 3.8) is 0 Å². The van der Waals surface area contributed by atoms with E-state index in [-0.39, 0.29) is 23.4 Å². The molecule has 0 aliphatic heterocycles. The SMILES string of the molecule is CC(NCC(=O)NCCc1ccc(S(N)(=O)=O)cc1)c1ccccc1. The molecule has 2 aromatic rings. The molecular formula is C18H23N3O3S. The summed E-state index contributed by atoms with van der Waals surface area (Å²) >= 11 is 0. The molecule has 0 aromatic heterocycles. The predicted octanol–water partition coefficient (Wildman–Crippen LogP) is 1.34. The third kappa shape index (κ3) is 6.30. The number of carbonyl (C=O) groups excluding carboxylic acids is 1. The number of hydrogen-bond acceptors (Lipinski definition) is 4. The van der Waals surface area contributed by atoms with Crippen molar-refractivity contribution in [3.8, 4) is 0 Å². The number of amides is 1. The van der Waals surface area contributed by atoms with Crippen LogP contribution in [-0.2, 0) is 21.2 Å². The number of hydrogen-bond donors (Lipinski definition) is 3. The maximum absolute atomic E-state index is 11.9. The summed E-state index contributed by atoms with van der Waals surface area (Å²) in [5.41, 5.74) is 2.06. The lowest BCUT2D eigenvalue weighted by molar-refractivity contribution is -0.120. The van der Waals surface area contributed by atoms with Crippen molar-refractivity contribution < 1.29 is 13.2 Å². The van der Waals surface area contributed by atoms with Crippen LogP contribution >= 0.6 is 0 Å². The summed E-state index contributed by atoms with van der Waals surface area (Å²) in [5.74, 6) is -0.0797. The Labute approximate surface area is 148 Å². The van der Waals surface area contributed by atoms with E-state index in [1.54, 1.807) is 12.1 Å². The van der Waals surface area contributed by atoms with E-state index in [1.165, 1.54) is 12.1 Å². The Balaban J connectivity index is 1.72. The minimum atomic E-state index is -3.67. The Hall–Kier alpha value is -2.22. The smallest absolute Gasteiger partial charge is 0.238 e. The fraction of sp³-hybridized carbons (Fsp3) is 0.278. The highest BCUT2D eigenvalue weighted by Crippen LogP contribution is 2.10. The van der Waals surface area contributed by atoms with Gasteiger partial charge in [-0.15, -0.1) is 0 Å². The lowest BCUT2D eigenvalue weighted by Crippen LogP contribution is -2.36. The molecule has 0 radical (unpaired) electrons. The zero-order valence-electron chi connectivity index (χ0n) is 14.1. The van der Waals surface area contributed by atoms with Gasteiger partial charge in [0, 0.05) is 12.6 Å². The summed E-state index contributed by atoms with van der Waals surface area (Å²) in [4.78, 5) is 12.0. The Morgan fingerprint density at radius 1 is 1.08 bits per heavy atom. The van der Waals surface area contributed by atoms with Crippen LogP contribution in [0.1, 0.15) is 24.1 Å². The van der Waals surface area contributed by atoms with E-state index >= 15 is 0 Å². The van der Waals surface area contributed by atoms with Crippen molar-refractivity contribution in [2.24, 2.45) is 5.14 Å². The third-order valence-corrected chi connectivity index (χ3v) is 4.79. The number of nitrogens with one attached hydrogen (secondary N) is 2. The largest absolute Gasteiger partial charge is 0.355 e. The van der Waals surface area contributed by atoms with Crippen molar-refractivity contribution in [1.82, 2.24) is 10.6 Å². The molecule has 2 rings (SSSR count). The normalized spacial score (nSPS) is 12.6. The van der Waals surface area contributed by atoms with Gasteiger partial charge in [0.2, 0.25) is 15.9 Å². The van der Waals surface area contributed by atoms with Gasteiger partial charge in [-0.1, -0.05) is 42.5 Å². The fourth-order valence-corrected chi connectivity index (χ4v) is 2.88. The second kappa shape index (κ2) is 8.75. The van der Waals surface area contributed by atoms with Crippen LogP contribution in [-0.4, -0.2) is 27.4 Å². The van der Waals surface area contributed by atoms with Gasteiger partial charge in [0.15, 0.2) is 0 Å². The van der Waals surface area contributed by atoms with Crippen molar-refractivity contribution in [3.05, 3.63) is 65.7 Å². The fourth-order valence-electron chi connectivity index (χ4n) is 2.36. The van der Waals surface area contributed by atoms with E-state index in [1.807, 2.05) is 37.3 Å². The molecule has 1 atom stereocenters. The molecule has 0 spiro atoms. The molecule has 0 bridgehead atoms. The molecule has 4 N–H and O–H groups in total. The molecule has 7 heteroatoms. The summed E-state index contributed by atoms with van der Waals surface area (Å²) in [6, 6.07) is 16.3. The van der Waals surface area contributed by atoms with Crippen LogP contribution < -0.4 is 15.8 Å². The van der Waals surface area contributed by atoms with Gasteiger partial charge in [-0.2, -0.15) is 0 Å². The van der Waals surface area contributed by atoms with Crippen molar-refractivity contribution in [1.29, 1.82) is 0 Å². The first-order chi connectivity index (χ1) is 11.9. The van der Waals surface area contributed by atoms with Crippen molar-refractivity contribution >= 4 is 15.9 Å². The molecular weight excluding hydrogens is 338 g/mol. The van der Waals surface area contributed by atoms with Gasteiger partial charge in [-0.3, -0.25) is 4.79 Å². The Bertz CT molecular complexity index is 790. The number of primary sulfonamides is 1. The van der Waals surface area contributed by atoms with Crippen LogP contribution in [0.3, 0.4) is 0 Å². The van der Waals surface area contributed by atoms with Crippen LogP contribution in [0, 0.1) is 0 Å². The van der Waals surface area contributed by atoms with Gasteiger partial charge in [-0.05, 0) is 36.6 Å². The number of nitrogens with two attached hydrogens (primary N) is 1. The summed E-state index contributed by atoms with van der Waals surface area (Å²) in [6.07, 6.45) is 0.616. The summed E-state index contributed by atoms with van der Waals surface area (Å²) in [6.45, 7) is 2.73. The molecule has 0 aliphatic carbocycles. The molecule has 1 unspecified atom stereocenters. The molecule has 1 amide bonds. The second-order valence-corrected chi connectivity index (χ2v) is 7.36. The molecule has 6 nitrogen and oxygen atoms in total. The zero-order chi connectivity index (χ0) is 18.3. The van der Waals surface area contributed by atoms with Crippen LogP contribution in [0.2, 0.25) is 0 Å². The highest BCUT2D eigenvalue weighted by Gasteiger charge is 2.08. The lowest BCUT2D eigenvalue weighted by Gasteiger charge is -2.14. The topological polar surface area (TPSA) is 101 Å². The molecule has 0 saturated heterocycles. The van der Waals surface area contributed by atoms with Gasteiger partial charge >= 0.3 is 0 Å². The quantitative estimate of drug-likeness (QED) is 0.660. The second-order valence-electron chi connectivity index (χ2n) is 5.80. The third-order valence-electron chi connectivity index (χ3n) is 3.86. The van der Waals surface area contributed by atoms with E-state index in [4.69, 9.17) is 5.14 Å². The van der Waals surface area contributed by atoms with Crippen LogP contribution in [0.25, 0.3) is 0 Å². The van der Waals surface area contributed by atoms with E-state index in [0.717, 1.165) is 11.1 Å². The summed E-state index contributed by atoms with van der Waals surface area (Å²) < 4.78 is 22.4. The summed E-state index contributed by atoms with van der Waals surface area (Å²) in [7, 11) is -3.67. The molecule has 0 fully saturated rings. The number of benzene rings is 2. The van der Waals surface area contributed by atoms with Gasteiger partial charge < -0.3 is 10.6 Å². The number of carbonyl (C=O) groups is 1. The lowest BCUT2D eigenvalue weighted by atomic mass is 10.1. The van der Waals surface area contributed by atoms with Gasteiger partial charge in [0.25, 0.3) is 0 Å². The Morgan fingerprint density at radius 2 is 1.72 bits per heavy atom. The van der Waals surface area contributed by atoms with E-state index in [9.17, 15) is 13.2 Å². The van der Waals surface area contributed by atoms with Gasteiger partial charge in [-0.25, -0.2) is 13.6 Å². The van der Waals surface area contributed by atoms with Crippen LogP contribution in [0.15, 0.2) is 59.5 Å². The minimum absolute atomic E-state index is 0.0797. The molecule has 134 valence electrons. The molecule has 0 aliphatic rings. The van der Waals surface area contributed by atoms with E-state index in [0.29, 0.717) is 13.0 Å². The maximum atomic E-state index is 11.9. The highest BCUT2D eigenvalue weighted by molar-refractivity contribution is 7.89. The van der Waals surface area contributed by atoms with Crippen molar-refractivity contribution in [2.45, 2.75) is 24.3 Å². The van der Waals surface area contributed by atoms with E-state index in [2.05, 4.69) is 10.6 Å². The van der Waals surface area contributed by atoms with Gasteiger partial charge in [0.1, 0.15) is 0 Å². The zero-order valence-corrected chi connectivity index (χ0v) is 14.9. The highest BCUT2D eigenvalue weighted by atomic mass is 32.2. The molecule has 0 saturated carbocycles. The monoisotopic (exact) mass is 361 g/mol. The Morgan fingerprint density at radius 3 is 2.32 bits per heavy atom. The number of sulfonamides is 1. The maximum Gasteiger partial charge on any atom is 0.238 e. The minimum Gasteiger partial charge on any atom is -0.355 e. The first-order valence-electron chi connectivity index (χ1n) is 8.03. The number of rotatable bonds is 8. The average Bonchev–Trinajstić information content (AvgIpc) is 2.60. The predicted molar refractivity (Wildman–Crippen MR) is 97.4 cm³/mol. The van der Waals surface area contributed by atoms with Crippen molar-refractivity contribution in [2.75, 3.05) is 13.1 Å².